The Bertz CT molecular complexity index is 793. The maximum Gasteiger partial charge on any atom is 0.322 e. The second-order valence-electron chi connectivity index (χ2n) is 6.35. The lowest BCUT2D eigenvalue weighted by molar-refractivity contribution is -0.124. The van der Waals surface area contributed by atoms with Crippen molar-refractivity contribution in [1.29, 1.82) is 0 Å². The van der Waals surface area contributed by atoms with Crippen LogP contribution in [0.4, 0.5) is 14.9 Å². The summed E-state index contributed by atoms with van der Waals surface area (Å²) < 4.78 is 18.0. The molecule has 142 valence electrons. The lowest BCUT2D eigenvalue weighted by Gasteiger charge is -2.24. The number of nitrogens with one attached hydrogen (secondary N) is 2. The second-order valence-corrected chi connectivity index (χ2v) is 6.35. The third-order valence-electron chi connectivity index (χ3n) is 4.54. The summed E-state index contributed by atoms with van der Waals surface area (Å²) in [6.07, 6.45) is 1.38. The fraction of sp³-hybridized carbons (Fsp3) is 0.300. The van der Waals surface area contributed by atoms with E-state index in [2.05, 4.69) is 10.6 Å². The average Bonchev–Trinajstić information content (AvgIpc) is 3.18. The predicted octanol–water partition coefficient (Wildman–Crippen LogP) is 3.15. The number of ether oxygens (including phenoxy) is 1. The number of nitrogens with zero attached hydrogens (tertiary/aromatic N) is 1. The molecule has 1 fully saturated rings. The van der Waals surface area contributed by atoms with Gasteiger partial charge in [0.15, 0.2) is 0 Å². The highest BCUT2D eigenvalue weighted by atomic mass is 19.1. The van der Waals surface area contributed by atoms with Crippen molar-refractivity contribution in [2.24, 2.45) is 0 Å². The number of halogens is 1. The zero-order valence-corrected chi connectivity index (χ0v) is 15.1. The molecule has 2 aromatic rings. The summed E-state index contributed by atoms with van der Waals surface area (Å²) in [6, 6.07) is 12.1. The highest BCUT2D eigenvalue weighted by Gasteiger charge is 2.34. The molecule has 7 heteroatoms. The quantitative estimate of drug-likeness (QED) is 0.848. The van der Waals surface area contributed by atoms with Crippen molar-refractivity contribution >= 4 is 17.6 Å². The molecule has 1 atom stereocenters. The number of benzene rings is 2. The maximum absolute atomic E-state index is 12.9. The van der Waals surface area contributed by atoms with Crippen molar-refractivity contribution in [1.82, 2.24) is 10.2 Å². The van der Waals surface area contributed by atoms with E-state index in [9.17, 15) is 14.0 Å². The summed E-state index contributed by atoms with van der Waals surface area (Å²) in [7, 11) is 1.58. The third-order valence-corrected chi connectivity index (χ3v) is 4.54. The lowest BCUT2D eigenvalue weighted by atomic mass is 10.2. The first-order valence-corrected chi connectivity index (χ1v) is 8.80. The molecular weight excluding hydrogens is 349 g/mol. The summed E-state index contributed by atoms with van der Waals surface area (Å²) in [5, 5.41) is 5.63. The standard InChI is InChI=1S/C20H22FN3O3/c1-27-17-10-8-16(9-11-17)23-20(26)24-12-2-3-18(24)19(25)22-13-14-4-6-15(21)7-5-14/h4-11,18H,2-3,12-13H2,1H3,(H,22,25)(H,23,26)/t18-/m1/s1. The molecule has 3 amide bonds. The van der Waals surface area contributed by atoms with E-state index < -0.39 is 6.04 Å². The second kappa shape index (κ2) is 8.53. The summed E-state index contributed by atoms with van der Waals surface area (Å²) in [5.74, 6) is 0.177. The minimum Gasteiger partial charge on any atom is -0.497 e. The molecule has 2 aromatic carbocycles. The highest BCUT2D eigenvalue weighted by molar-refractivity contribution is 5.94. The Hall–Kier alpha value is -3.09. The first-order chi connectivity index (χ1) is 13.1. The fourth-order valence-electron chi connectivity index (χ4n) is 3.06. The van der Waals surface area contributed by atoms with E-state index in [0.29, 0.717) is 30.9 Å². The third kappa shape index (κ3) is 4.75. The molecule has 0 aromatic heterocycles. The Balaban J connectivity index is 1.57. The van der Waals surface area contributed by atoms with Crippen LogP contribution in [-0.2, 0) is 11.3 Å². The van der Waals surface area contributed by atoms with Crippen LogP contribution in [0.25, 0.3) is 0 Å². The minimum absolute atomic E-state index is 0.207. The van der Waals surface area contributed by atoms with Gasteiger partial charge in [-0.05, 0) is 54.8 Å². The van der Waals surface area contributed by atoms with Crippen molar-refractivity contribution in [3.8, 4) is 5.75 Å². The number of hydrogen-bond acceptors (Lipinski definition) is 3. The van der Waals surface area contributed by atoms with Crippen LogP contribution in [-0.4, -0.2) is 36.5 Å². The Morgan fingerprint density at radius 1 is 1.15 bits per heavy atom. The van der Waals surface area contributed by atoms with E-state index in [4.69, 9.17) is 4.74 Å². The lowest BCUT2D eigenvalue weighted by Crippen LogP contribution is -2.47. The molecule has 1 saturated heterocycles. The average molecular weight is 371 g/mol. The number of hydrogen-bond donors (Lipinski definition) is 2. The maximum atomic E-state index is 12.9. The van der Waals surface area contributed by atoms with Gasteiger partial charge in [-0.3, -0.25) is 4.79 Å². The van der Waals surface area contributed by atoms with Crippen LogP contribution < -0.4 is 15.4 Å². The van der Waals surface area contributed by atoms with Crippen LogP contribution in [0.2, 0.25) is 0 Å². The van der Waals surface area contributed by atoms with Crippen LogP contribution in [0, 0.1) is 5.82 Å². The van der Waals surface area contributed by atoms with Crippen molar-refractivity contribution in [3.63, 3.8) is 0 Å². The molecule has 1 aliphatic rings. The number of carbonyl (C=O) groups excluding carboxylic acids is 2. The predicted molar refractivity (Wildman–Crippen MR) is 100.0 cm³/mol. The van der Waals surface area contributed by atoms with E-state index in [-0.39, 0.29) is 17.8 Å². The van der Waals surface area contributed by atoms with Gasteiger partial charge in [0.1, 0.15) is 17.6 Å². The molecule has 0 radical (unpaired) electrons. The van der Waals surface area contributed by atoms with E-state index >= 15 is 0 Å². The molecule has 0 unspecified atom stereocenters. The van der Waals surface area contributed by atoms with Gasteiger partial charge in [-0.1, -0.05) is 12.1 Å². The van der Waals surface area contributed by atoms with Gasteiger partial charge in [0.25, 0.3) is 0 Å². The molecule has 1 aliphatic heterocycles. The molecule has 3 rings (SSSR count). The number of likely N-dealkylation sites (tertiary alicyclic amines) is 1. The van der Waals surface area contributed by atoms with Crippen LogP contribution >= 0.6 is 0 Å². The van der Waals surface area contributed by atoms with Crippen molar-refractivity contribution in [2.45, 2.75) is 25.4 Å². The summed E-state index contributed by atoms with van der Waals surface area (Å²) in [5.41, 5.74) is 1.44. The summed E-state index contributed by atoms with van der Waals surface area (Å²) >= 11 is 0. The molecule has 0 saturated carbocycles. The Labute approximate surface area is 157 Å². The molecule has 6 nitrogen and oxygen atoms in total. The summed E-state index contributed by atoms with van der Waals surface area (Å²) in [6.45, 7) is 0.820. The van der Waals surface area contributed by atoms with E-state index in [0.717, 1.165) is 12.0 Å². The molecule has 2 N–H and O–H groups in total. The first kappa shape index (κ1) is 18.7. The normalized spacial score (nSPS) is 16.1. The van der Waals surface area contributed by atoms with Gasteiger partial charge in [0, 0.05) is 18.8 Å². The number of anilines is 1. The number of rotatable bonds is 5. The van der Waals surface area contributed by atoms with Gasteiger partial charge in [0.05, 0.1) is 7.11 Å². The largest absolute Gasteiger partial charge is 0.497 e. The molecular formula is C20H22FN3O3. The van der Waals surface area contributed by atoms with Crippen LogP contribution in [0.3, 0.4) is 0 Å². The van der Waals surface area contributed by atoms with Crippen LogP contribution in [0.15, 0.2) is 48.5 Å². The fourth-order valence-corrected chi connectivity index (χ4v) is 3.06. The van der Waals surface area contributed by atoms with E-state index in [1.807, 2.05) is 0 Å². The molecule has 0 spiro atoms. The van der Waals surface area contributed by atoms with Crippen molar-refractivity contribution < 1.29 is 18.7 Å². The van der Waals surface area contributed by atoms with Crippen molar-refractivity contribution in [3.05, 3.63) is 59.9 Å². The number of methoxy groups -OCH3 is 1. The number of amides is 3. The molecule has 0 bridgehead atoms. The number of carbonyl (C=O) groups is 2. The minimum atomic E-state index is -0.510. The highest BCUT2D eigenvalue weighted by Crippen LogP contribution is 2.20. The van der Waals surface area contributed by atoms with Gasteiger partial charge < -0.3 is 20.3 Å². The van der Waals surface area contributed by atoms with Gasteiger partial charge >= 0.3 is 6.03 Å². The monoisotopic (exact) mass is 371 g/mol. The topological polar surface area (TPSA) is 70.7 Å². The molecule has 27 heavy (non-hydrogen) atoms. The zero-order valence-electron chi connectivity index (χ0n) is 15.1. The van der Waals surface area contributed by atoms with Gasteiger partial charge in [-0.15, -0.1) is 0 Å². The van der Waals surface area contributed by atoms with Gasteiger partial charge in [-0.25, -0.2) is 9.18 Å². The Morgan fingerprint density at radius 2 is 1.85 bits per heavy atom. The van der Waals surface area contributed by atoms with E-state index in [1.165, 1.54) is 12.1 Å². The zero-order chi connectivity index (χ0) is 19.2. The summed E-state index contributed by atoms with van der Waals surface area (Å²) in [4.78, 5) is 26.6. The Morgan fingerprint density at radius 3 is 2.52 bits per heavy atom. The molecule has 0 aliphatic carbocycles. The van der Waals surface area contributed by atoms with E-state index in [1.54, 1.807) is 48.4 Å². The SMILES string of the molecule is COc1ccc(NC(=O)N2CCC[C@@H]2C(=O)NCc2ccc(F)cc2)cc1. The number of urea groups is 1. The first-order valence-electron chi connectivity index (χ1n) is 8.80. The van der Waals surface area contributed by atoms with Crippen LogP contribution in [0.5, 0.6) is 5.75 Å². The van der Waals surface area contributed by atoms with Gasteiger partial charge in [0.2, 0.25) is 5.91 Å². The van der Waals surface area contributed by atoms with Crippen molar-refractivity contribution in [2.75, 3.05) is 19.0 Å². The van der Waals surface area contributed by atoms with Gasteiger partial charge in [-0.2, -0.15) is 0 Å². The van der Waals surface area contributed by atoms with Crippen LogP contribution in [0.1, 0.15) is 18.4 Å². The smallest absolute Gasteiger partial charge is 0.322 e. The molecule has 1 heterocycles. The Kier molecular flexibility index (Phi) is 5.90.